The molecule has 0 saturated heterocycles. The highest BCUT2D eigenvalue weighted by molar-refractivity contribution is 7.89. The molecule has 0 saturated carbocycles. The molecule has 1 heterocycles. The highest BCUT2D eigenvalue weighted by Gasteiger charge is 2.29. The fraction of sp³-hybridized carbons (Fsp3) is 0.150. The number of sulfonamides is 1. The van der Waals surface area contributed by atoms with Gasteiger partial charge in [0.25, 0.3) is 0 Å². The van der Waals surface area contributed by atoms with Crippen molar-refractivity contribution >= 4 is 10.0 Å². The molecule has 3 aromatic rings. The van der Waals surface area contributed by atoms with Crippen LogP contribution in [0, 0.1) is 0 Å². The molecule has 1 unspecified atom stereocenters. The third-order valence-corrected chi connectivity index (χ3v) is 6.28. The lowest BCUT2D eigenvalue weighted by atomic mass is 10.1. The predicted molar refractivity (Wildman–Crippen MR) is 99.5 cm³/mol. The molecule has 128 valence electrons. The molecule has 0 aliphatic heterocycles. The van der Waals surface area contributed by atoms with Crippen molar-refractivity contribution in [2.75, 3.05) is 7.05 Å². The highest BCUT2D eigenvalue weighted by atomic mass is 32.2. The summed E-state index contributed by atoms with van der Waals surface area (Å²) in [4.78, 5) is 4.58. The van der Waals surface area contributed by atoms with Crippen molar-refractivity contribution in [3.05, 3.63) is 84.7 Å². The van der Waals surface area contributed by atoms with Gasteiger partial charge >= 0.3 is 0 Å². The number of aromatic nitrogens is 1. The fourth-order valence-electron chi connectivity index (χ4n) is 2.72. The van der Waals surface area contributed by atoms with E-state index in [4.69, 9.17) is 0 Å². The van der Waals surface area contributed by atoms with Crippen LogP contribution in [0.5, 0.6) is 0 Å². The largest absolute Gasteiger partial charge is 0.260 e. The molecule has 0 aliphatic rings. The summed E-state index contributed by atoms with van der Waals surface area (Å²) in [6.45, 7) is 1.84. The molecule has 0 radical (unpaired) electrons. The minimum Gasteiger partial charge on any atom is -0.260 e. The van der Waals surface area contributed by atoms with Gasteiger partial charge in [0.1, 0.15) is 0 Å². The Labute approximate surface area is 148 Å². The number of pyridine rings is 1. The Balaban J connectivity index is 2.04. The Bertz CT molecular complexity index is 942. The standard InChI is InChI=1S/C20H20N2O2S/c1-16(19-13-8-9-15-21-19)22(2)25(23,24)20-14-7-6-12-18(20)17-10-4-3-5-11-17/h3-16H,1-2H3. The number of hydrogen-bond acceptors (Lipinski definition) is 3. The van der Waals surface area contributed by atoms with Crippen LogP contribution in [-0.4, -0.2) is 24.8 Å². The molecule has 0 bridgehead atoms. The second kappa shape index (κ2) is 7.17. The minimum absolute atomic E-state index is 0.298. The van der Waals surface area contributed by atoms with Gasteiger partial charge in [-0.25, -0.2) is 8.42 Å². The van der Waals surface area contributed by atoms with Crippen molar-refractivity contribution in [1.82, 2.24) is 9.29 Å². The molecular weight excluding hydrogens is 332 g/mol. The third-order valence-electron chi connectivity index (χ3n) is 4.29. The third kappa shape index (κ3) is 3.48. The van der Waals surface area contributed by atoms with Gasteiger partial charge in [-0.05, 0) is 30.7 Å². The van der Waals surface area contributed by atoms with E-state index in [0.717, 1.165) is 5.56 Å². The van der Waals surface area contributed by atoms with Gasteiger partial charge in [0.2, 0.25) is 10.0 Å². The molecule has 4 nitrogen and oxygen atoms in total. The zero-order valence-corrected chi connectivity index (χ0v) is 15.0. The molecular formula is C20H20N2O2S. The van der Waals surface area contributed by atoms with Crippen LogP contribution in [0.3, 0.4) is 0 Å². The van der Waals surface area contributed by atoms with Gasteiger partial charge in [-0.15, -0.1) is 0 Å². The van der Waals surface area contributed by atoms with Crippen LogP contribution in [0.2, 0.25) is 0 Å². The fourth-order valence-corrected chi connectivity index (χ4v) is 4.27. The molecule has 0 spiro atoms. The van der Waals surface area contributed by atoms with Gasteiger partial charge in [-0.3, -0.25) is 4.98 Å². The molecule has 0 fully saturated rings. The normalized spacial score (nSPS) is 12.9. The number of benzene rings is 2. The minimum atomic E-state index is -3.67. The van der Waals surface area contributed by atoms with Gasteiger partial charge < -0.3 is 0 Å². The number of nitrogens with zero attached hydrogens (tertiary/aromatic N) is 2. The van der Waals surface area contributed by atoms with E-state index in [0.29, 0.717) is 16.2 Å². The molecule has 25 heavy (non-hydrogen) atoms. The van der Waals surface area contributed by atoms with Crippen LogP contribution in [0.4, 0.5) is 0 Å². The van der Waals surface area contributed by atoms with Gasteiger partial charge in [-0.2, -0.15) is 4.31 Å². The maximum atomic E-state index is 13.2. The van der Waals surface area contributed by atoms with Crippen molar-refractivity contribution in [1.29, 1.82) is 0 Å². The maximum absolute atomic E-state index is 13.2. The molecule has 3 rings (SSSR count). The van der Waals surface area contributed by atoms with E-state index < -0.39 is 10.0 Å². The first-order valence-corrected chi connectivity index (χ1v) is 9.49. The van der Waals surface area contributed by atoms with Crippen LogP contribution < -0.4 is 0 Å². The summed E-state index contributed by atoms with van der Waals surface area (Å²) in [6.07, 6.45) is 1.67. The van der Waals surface area contributed by atoms with E-state index in [9.17, 15) is 8.42 Å². The molecule has 0 aliphatic carbocycles. The van der Waals surface area contributed by atoms with E-state index in [2.05, 4.69) is 4.98 Å². The molecule has 1 aromatic heterocycles. The van der Waals surface area contributed by atoms with Crippen LogP contribution in [-0.2, 0) is 10.0 Å². The molecule has 2 aromatic carbocycles. The predicted octanol–water partition coefficient (Wildman–Crippen LogP) is 4.13. The summed E-state index contributed by atoms with van der Waals surface area (Å²) in [5.41, 5.74) is 2.29. The summed E-state index contributed by atoms with van der Waals surface area (Å²) in [6, 6.07) is 21.8. The van der Waals surface area contributed by atoms with Gasteiger partial charge in [0, 0.05) is 18.8 Å². The molecule has 0 amide bonds. The van der Waals surface area contributed by atoms with Crippen molar-refractivity contribution in [2.45, 2.75) is 17.9 Å². The Morgan fingerprint density at radius 2 is 1.52 bits per heavy atom. The van der Waals surface area contributed by atoms with Gasteiger partial charge in [0.15, 0.2) is 0 Å². The van der Waals surface area contributed by atoms with Crippen LogP contribution >= 0.6 is 0 Å². The zero-order valence-electron chi connectivity index (χ0n) is 14.2. The van der Waals surface area contributed by atoms with E-state index >= 15 is 0 Å². The highest BCUT2D eigenvalue weighted by Crippen LogP contribution is 2.31. The van der Waals surface area contributed by atoms with Crippen LogP contribution in [0.1, 0.15) is 18.7 Å². The Hall–Kier alpha value is -2.50. The smallest absolute Gasteiger partial charge is 0.244 e. The van der Waals surface area contributed by atoms with Gasteiger partial charge in [0.05, 0.1) is 16.6 Å². The maximum Gasteiger partial charge on any atom is 0.244 e. The van der Waals surface area contributed by atoms with E-state index in [1.807, 2.05) is 67.6 Å². The van der Waals surface area contributed by atoms with E-state index in [1.54, 1.807) is 25.4 Å². The Morgan fingerprint density at radius 3 is 2.20 bits per heavy atom. The Kier molecular flexibility index (Phi) is 4.97. The number of hydrogen-bond donors (Lipinski definition) is 0. The second-order valence-electron chi connectivity index (χ2n) is 5.81. The van der Waals surface area contributed by atoms with E-state index in [-0.39, 0.29) is 6.04 Å². The van der Waals surface area contributed by atoms with Crippen molar-refractivity contribution in [3.63, 3.8) is 0 Å². The quantitative estimate of drug-likeness (QED) is 0.694. The second-order valence-corrected chi connectivity index (χ2v) is 7.78. The average Bonchev–Trinajstić information content (AvgIpc) is 2.68. The summed E-state index contributed by atoms with van der Waals surface area (Å²) in [7, 11) is -2.08. The monoisotopic (exact) mass is 352 g/mol. The zero-order chi connectivity index (χ0) is 17.9. The van der Waals surface area contributed by atoms with Gasteiger partial charge in [-0.1, -0.05) is 54.6 Å². The van der Waals surface area contributed by atoms with E-state index in [1.165, 1.54) is 4.31 Å². The summed E-state index contributed by atoms with van der Waals surface area (Å²) in [5, 5.41) is 0. The first kappa shape index (κ1) is 17.3. The van der Waals surface area contributed by atoms with Crippen LogP contribution in [0.25, 0.3) is 11.1 Å². The Morgan fingerprint density at radius 1 is 0.880 bits per heavy atom. The van der Waals surface area contributed by atoms with Crippen LogP contribution in [0.15, 0.2) is 83.9 Å². The first-order chi connectivity index (χ1) is 12.0. The summed E-state index contributed by atoms with van der Waals surface area (Å²) in [5.74, 6) is 0. The first-order valence-electron chi connectivity index (χ1n) is 8.05. The number of rotatable bonds is 5. The lowest BCUT2D eigenvalue weighted by Crippen LogP contribution is -2.30. The lowest BCUT2D eigenvalue weighted by Gasteiger charge is -2.25. The SMILES string of the molecule is CC(c1ccccn1)N(C)S(=O)(=O)c1ccccc1-c1ccccc1. The lowest BCUT2D eigenvalue weighted by molar-refractivity contribution is 0.392. The van der Waals surface area contributed by atoms with Crippen molar-refractivity contribution in [3.8, 4) is 11.1 Å². The van der Waals surface area contributed by atoms with Crippen molar-refractivity contribution < 1.29 is 8.42 Å². The summed E-state index contributed by atoms with van der Waals surface area (Å²) < 4.78 is 27.9. The average molecular weight is 352 g/mol. The molecule has 5 heteroatoms. The summed E-state index contributed by atoms with van der Waals surface area (Å²) >= 11 is 0. The molecule has 0 N–H and O–H groups in total. The van der Waals surface area contributed by atoms with Crippen molar-refractivity contribution in [2.24, 2.45) is 0 Å². The molecule has 1 atom stereocenters. The topological polar surface area (TPSA) is 50.3 Å².